The summed E-state index contributed by atoms with van der Waals surface area (Å²) in [5.74, 6) is 1.34. The van der Waals surface area contributed by atoms with E-state index in [1.165, 1.54) is 34.0 Å². The topological polar surface area (TPSA) is 57.0 Å². The largest absolute Gasteiger partial charge is 0.494 e. The molecule has 0 fully saturated rings. The predicted octanol–water partition coefficient (Wildman–Crippen LogP) is 5.96. The molecule has 1 aliphatic carbocycles. The fourth-order valence-corrected chi connectivity index (χ4v) is 6.72. The molecule has 1 aromatic carbocycles. The second-order valence-electron chi connectivity index (χ2n) is 7.98. The number of aryl methyl sites for hydroxylation is 3. The molecule has 7 heteroatoms. The average Bonchev–Trinajstić information content (AvgIpc) is 3.46. The van der Waals surface area contributed by atoms with Gasteiger partial charge in [0.2, 0.25) is 0 Å². The third kappa shape index (κ3) is 3.73. The number of Topliss-reactive ketones (excluding diaryl/α,β-unsaturated/α-hetero) is 1. The average molecular weight is 464 g/mol. The normalized spacial score (nSPS) is 13.0. The van der Waals surface area contributed by atoms with E-state index in [2.05, 4.69) is 14.5 Å². The summed E-state index contributed by atoms with van der Waals surface area (Å²) in [6, 6.07) is 9.99. The summed E-state index contributed by atoms with van der Waals surface area (Å²) in [7, 11) is 0. The maximum atomic E-state index is 13.2. The van der Waals surface area contributed by atoms with Gasteiger partial charge in [0.05, 0.1) is 12.4 Å². The Morgan fingerprint density at radius 2 is 2.00 bits per heavy atom. The number of benzene rings is 1. The van der Waals surface area contributed by atoms with Crippen LogP contribution in [0.5, 0.6) is 5.75 Å². The lowest BCUT2D eigenvalue weighted by Crippen LogP contribution is -2.06. The number of thioether (sulfide) groups is 1. The Morgan fingerprint density at radius 1 is 1.19 bits per heavy atom. The quantitative estimate of drug-likeness (QED) is 0.192. The number of fused-ring (bicyclic) bond motifs is 3. The number of rotatable bonds is 7. The van der Waals surface area contributed by atoms with Crippen molar-refractivity contribution in [3.63, 3.8) is 0 Å². The Bertz CT molecular complexity index is 1310. The molecule has 0 unspecified atom stereocenters. The van der Waals surface area contributed by atoms with Crippen molar-refractivity contribution in [1.29, 1.82) is 0 Å². The lowest BCUT2D eigenvalue weighted by Gasteiger charge is -2.11. The first-order valence-corrected chi connectivity index (χ1v) is 12.7. The molecular weight excluding hydrogens is 438 g/mol. The van der Waals surface area contributed by atoms with Crippen LogP contribution in [-0.2, 0) is 12.8 Å². The van der Waals surface area contributed by atoms with Gasteiger partial charge in [-0.25, -0.2) is 9.97 Å². The van der Waals surface area contributed by atoms with E-state index in [0.717, 1.165) is 51.1 Å². The van der Waals surface area contributed by atoms with Crippen LogP contribution in [0, 0.1) is 13.8 Å². The molecule has 0 saturated heterocycles. The SMILES string of the molecule is CCOc1ccc(-n2c(C)cc(C(=O)CSc3ncnc4sc5c(c34)CCC5)c2C)cc1. The summed E-state index contributed by atoms with van der Waals surface area (Å²) in [5.41, 5.74) is 5.20. The summed E-state index contributed by atoms with van der Waals surface area (Å²) in [6.07, 6.45) is 5.05. The fourth-order valence-electron chi connectivity index (χ4n) is 4.52. The predicted molar refractivity (Wildman–Crippen MR) is 131 cm³/mol. The zero-order valence-corrected chi connectivity index (χ0v) is 20.1. The van der Waals surface area contributed by atoms with Crippen molar-refractivity contribution in [3.8, 4) is 11.4 Å². The molecule has 0 radical (unpaired) electrons. The Balaban J connectivity index is 1.38. The molecule has 3 aromatic heterocycles. The highest BCUT2D eigenvalue weighted by atomic mass is 32.2. The van der Waals surface area contributed by atoms with Gasteiger partial charge in [0.1, 0.15) is 21.9 Å². The van der Waals surface area contributed by atoms with Gasteiger partial charge < -0.3 is 9.30 Å². The zero-order valence-electron chi connectivity index (χ0n) is 18.5. The highest BCUT2D eigenvalue weighted by Crippen LogP contribution is 2.40. The molecule has 0 atom stereocenters. The van der Waals surface area contributed by atoms with Gasteiger partial charge >= 0.3 is 0 Å². The molecular formula is C25H25N3O2S2. The van der Waals surface area contributed by atoms with Crippen LogP contribution in [0.25, 0.3) is 15.9 Å². The van der Waals surface area contributed by atoms with Gasteiger partial charge in [-0.1, -0.05) is 11.8 Å². The third-order valence-electron chi connectivity index (χ3n) is 5.94. The Labute approximate surface area is 195 Å². The summed E-state index contributed by atoms with van der Waals surface area (Å²) >= 11 is 3.31. The van der Waals surface area contributed by atoms with Crippen LogP contribution in [0.3, 0.4) is 0 Å². The van der Waals surface area contributed by atoms with E-state index in [0.29, 0.717) is 12.4 Å². The zero-order chi connectivity index (χ0) is 22.2. The van der Waals surface area contributed by atoms with Crippen molar-refractivity contribution in [2.24, 2.45) is 0 Å². The maximum absolute atomic E-state index is 13.2. The first-order chi connectivity index (χ1) is 15.6. The number of carbonyl (C=O) groups excluding carboxylic acids is 1. The molecule has 4 aromatic rings. The van der Waals surface area contributed by atoms with Crippen molar-refractivity contribution in [2.45, 2.75) is 45.1 Å². The Hall–Kier alpha value is -2.64. The molecule has 0 aliphatic heterocycles. The molecule has 5 nitrogen and oxygen atoms in total. The van der Waals surface area contributed by atoms with Crippen LogP contribution in [-0.4, -0.2) is 32.7 Å². The number of nitrogens with zero attached hydrogens (tertiary/aromatic N) is 3. The first kappa shape index (κ1) is 21.2. The number of aromatic nitrogens is 3. The summed E-state index contributed by atoms with van der Waals surface area (Å²) in [5, 5.41) is 2.10. The molecule has 0 N–H and O–H groups in total. The van der Waals surface area contributed by atoms with Gasteiger partial charge in [-0.2, -0.15) is 0 Å². The lowest BCUT2D eigenvalue weighted by molar-refractivity contribution is 0.102. The van der Waals surface area contributed by atoms with E-state index >= 15 is 0 Å². The molecule has 0 saturated carbocycles. The summed E-state index contributed by atoms with van der Waals surface area (Å²) in [4.78, 5) is 24.7. The minimum absolute atomic E-state index is 0.124. The molecule has 3 heterocycles. The minimum atomic E-state index is 0.124. The van der Waals surface area contributed by atoms with Crippen LogP contribution in [0.1, 0.15) is 45.5 Å². The summed E-state index contributed by atoms with van der Waals surface area (Å²) in [6.45, 7) is 6.66. The molecule has 164 valence electrons. The minimum Gasteiger partial charge on any atom is -0.494 e. The van der Waals surface area contributed by atoms with Crippen LogP contribution in [0.2, 0.25) is 0 Å². The van der Waals surface area contributed by atoms with E-state index in [1.54, 1.807) is 17.7 Å². The van der Waals surface area contributed by atoms with Crippen LogP contribution < -0.4 is 4.74 Å². The van der Waals surface area contributed by atoms with Crippen LogP contribution in [0.4, 0.5) is 0 Å². The second-order valence-corrected chi connectivity index (χ2v) is 10.0. The van der Waals surface area contributed by atoms with Crippen molar-refractivity contribution >= 4 is 39.1 Å². The molecule has 0 amide bonds. The third-order valence-corrected chi connectivity index (χ3v) is 8.13. The number of ketones is 1. The number of thiophene rings is 1. The van der Waals surface area contributed by atoms with E-state index in [-0.39, 0.29) is 5.78 Å². The van der Waals surface area contributed by atoms with E-state index in [9.17, 15) is 4.79 Å². The van der Waals surface area contributed by atoms with Crippen LogP contribution in [0.15, 0.2) is 41.7 Å². The van der Waals surface area contributed by atoms with Crippen molar-refractivity contribution < 1.29 is 9.53 Å². The number of ether oxygens (including phenoxy) is 1. The monoisotopic (exact) mass is 463 g/mol. The van der Waals surface area contributed by atoms with E-state index in [4.69, 9.17) is 4.74 Å². The lowest BCUT2D eigenvalue weighted by atomic mass is 10.2. The van der Waals surface area contributed by atoms with E-state index in [1.807, 2.05) is 51.1 Å². The summed E-state index contributed by atoms with van der Waals surface area (Å²) < 4.78 is 7.68. The van der Waals surface area contributed by atoms with Gasteiger partial charge in [0.15, 0.2) is 5.78 Å². The maximum Gasteiger partial charge on any atom is 0.174 e. The van der Waals surface area contributed by atoms with Gasteiger partial charge in [-0.15, -0.1) is 11.3 Å². The molecule has 0 bridgehead atoms. The Morgan fingerprint density at radius 3 is 2.78 bits per heavy atom. The van der Waals surface area contributed by atoms with Gasteiger partial charge in [-0.05, 0) is 75.9 Å². The fraction of sp³-hybridized carbons (Fsp3) is 0.320. The second kappa shape index (κ2) is 8.71. The van der Waals surface area contributed by atoms with Gasteiger partial charge in [-0.3, -0.25) is 4.79 Å². The van der Waals surface area contributed by atoms with E-state index < -0.39 is 0 Å². The Kier molecular flexibility index (Phi) is 5.78. The van der Waals surface area contributed by atoms with Gasteiger partial charge in [0.25, 0.3) is 0 Å². The standard InChI is InChI=1S/C25H25N3O2S2/c1-4-30-18-10-8-17(9-11-18)28-15(2)12-20(16(28)3)21(29)13-31-24-23-19-6-5-7-22(19)32-25(23)27-14-26-24/h8-12,14H,4-7,13H2,1-3H3. The molecule has 32 heavy (non-hydrogen) atoms. The van der Waals surface area contributed by atoms with Crippen molar-refractivity contribution in [1.82, 2.24) is 14.5 Å². The first-order valence-electron chi connectivity index (χ1n) is 10.9. The smallest absolute Gasteiger partial charge is 0.174 e. The highest BCUT2D eigenvalue weighted by molar-refractivity contribution is 8.00. The number of hydrogen-bond acceptors (Lipinski definition) is 6. The highest BCUT2D eigenvalue weighted by Gasteiger charge is 2.23. The van der Waals surface area contributed by atoms with Crippen molar-refractivity contribution in [2.75, 3.05) is 12.4 Å². The molecule has 1 aliphatic rings. The number of hydrogen-bond donors (Lipinski definition) is 0. The number of carbonyl (C=O) groups is 1. The van der Waals surface area contributed by atoms with Crippen LogP contribution >= 0.6 is 23.1 Å². The van der Waals surface area contributed by atoms with Gasteiger partial charge in [0, 0.05) is 32.9 Å². The molecule has 0 spiro atoms. The molecule has 5 rings (SSSR count). The van der Waals surface area contributed by atoms with Crippen molar-refractivity contribution in [3.05, 3.63) is 64.1 Å².